The number of thiophene rings is 3. The smallest absolute Gasteiger partial charge is 0.135 e. The van der Waals surface area contributed by atoms with Crippen LogP contribution in [0.2, 0.25) is 0 Å². The molecular formula is C114H88O2S3. The molecule has 0 bridgehead atoms. The standard InChI is InChI=1S/C17H12S.3C15H12.2C13H10O.2C13H10S/c1-11-6-8-15-14(10-11)17-13-5-3-2-4-12(13)7-9-16(17)18-15;1-11-5-4-8-14-9-12-6-2-3-7-13(12)10-15(11)14;1-11-6-9-15-13(10-11)8-7-12-4-2-3-5-14(12)15;1-11-6-7-13-9-8-12-4-2-3-5-14(12)15(13)10-11;1-9-5-4-8-12-13(9)10-6-2-3-7-11(10)14-12;1-9-6-7-13-11(8-9)10-4-2-3-5-12(10)14-13;1-9-5-4-8-12-13(9)10-6-2-3-7-11(10)14-12;1-9-6-7-13-11(8-9)10-4-2-3-5-12(10)14-13/h2-10H,1H3;3*2-10H,1H3;4*2-8H,1H3. The summed E-state index contributed by atoms with van der Waals surface area (Å²) < 4.78 is 19.8. The molecule has 119 heavy (non-hydrogen) atoms. The molecule has 0 saturated heterocycles. The van der Waals surface area contributed by atoms with Crippen molar-refractivity contribution in [1.29, 1.82) is 0 Å². The van der Waals surface area contributed by atoms with Crippen LogP contribution in [0.1, 0.15) is 44.5 Å². The lowest BCUT2D eigenvalue weighted by atomic mass is 10.0. The molecule has 0 aliphatic rings. The van der Waals surface area contributed by atoms with Gasteiger partial charge in [-0.3, -0.25) is 0 Å². The quantitative estimate of drug-likeness (QED) is 0.112. The fraction of sp³-hybridized carbons (Fsp3) is 0.0702. The summed E-state index contributed by atoms with van der Waals surface area (Å²) in [5.41, 5.74) is 14.4. The SMILES string of the molecule is Cc1ccc2c(ccc3ccccc32)c1.Cc1ccc2ccc3ccccc3c2c1.Cc1ccc2oc3ccccc3c2c1.Cc1ccc2sc3ccc4ccccc4c3c2c1.Cc1ccc2sc3ccccc3c2c1.Cc1cccc2cc3ccccc3cc12.Cc1cccc2oc3ccccc3c12.Cc1cccc2sc3ccccc3c12. The predicted molar refractivity (Wildman–Crippen MR) is 525 cm³/mol. The number of fused-ring (bicyclic) bond motifs is 25. The summed E-state index contributed by atoms with van der Waals surface area (Å²) in [4.78, 5) is 0. The van der Waals surface area contributed by atoms with Crippen LogP contribution in [0.3, 0.4) is 0 Å². The first-order valence-electron chi connectivity index (χ1n) is 40.7. The number of furan rings is 2. The van der Waals surface area contributed by atoms with E-state index in [0.717, 1.165) is 22.3 Å². The van der Waals surface area contributed by atoms with Crippen LogP contribution in [-0.4, -0.2) is 0 Å². The van der Waals surface area contributed by atoms with Gasteiger partial charge in [-0.1, -0.05) is 325 Å². The molecule has 0 fully saturated rings. The van der Waals surface area contributed by atoms with Gasteiger partial charge in [-0.2, -0.15) is 0 Å². The molecule has 0 N–H and O–H groups in total. The van der Waals surface area contributed by atoms with Crippen molar-refractivity contribution in [2.45, 2.75) is 55.4 Å². The Morgan fingerprint density at radius 3 is 1.20 bits per heavy atom. The van der Waals surface area contributed by atoms with Crippen LogP contribution >= 0.6 is 34.0 Å². The van der Waals surface area contributed by atoms with Gasteiger partial charge in [-0.25, -0.2) is 0 Å². The lowest BCUT2D eigenvalue weighted by Gasteiger charge is -2.04. The number of hydrogen-bond donors (Lipinski definition) is 0. The molecule has 5 heteroatoms. The summed E-state index contributed by atoms with van der Waals surface area (Å²) in [5, 5.41) is 31.9. The van der Waals surface area contributed by atoms with Gasteiger partial charge in [0, 0.05) is 82.1 Å². The summed E-state index contributed by atoms with van der Waals surface area (Å²) in [6.07, 6.45) is 0. The van der Waals surface area contributed by atoms with Crippen molar-refractivity contribution in [1.82, 2.24) is 0 Å². The molecule has 0 aliphatic heterocycles. The van der Waals surface area contributed by atoms with Crippen molar-refractivity contribution < 1.29 is 8.83 Å². The van der Waals surface area contributed by atoms with E-state index in [9.17, 15) is 0 Å². The zero-order chi connectivity index (χ0) is 81.0. The molecule has 0 unspecified atom stereocenters. The highest BCUT2D eigenvalue weighted by molar-refractivity contribution is 7.26. The molecule has 25 aromatic rings. The van der Waals surface area contributed by atoms with E-state index in [4.69, 9.17) is 8.83 Å². The van der Waals surface area contributed by atoms with E-state index in [1.165, 1.54) is 202 Å². The number of benzene rings is 20. The molecule has 0 saturated carbocycles. The Hall–Kier alpha value is -13.5. The third-order valence-electron chi connectivity index (χ3n) is 22.6. The second-order valence-electron chi connectivity index (χ2n) is 31.1. The predicted octanol–water partition coefficient (Wildman–Crippen LogP) is 34.9. The molecule has 0 radical (unpaired) electrons. The zero-order valence-electron chi connectivity index (χ0n) is 68.0. The van der Waals surface area contributed by atoms with E-state index in [2.05, 4.69) is 389 Å². The van der Waals surface area contributed by atoms with Crippen LogP contribution < -0.4 is 0 Å². The third kappa shape index (κ3) is 16.2. The van der Waals surface area contributed by atoms with Crippen LogP contribution in [0.25, 0.3) is 180 Å². The van der Waals surface area contributed by atoms with Gasteiger partial charge < -0.3 is 8.83 Å². The number of para-hydroxylation sites is 2. The van der Waals surface area contributed by atoms with Crippen LogP contribution in [0.4, 0.5) is 0 Å². The largest absolute Gasteiger partial charge is 0.456 e. The average Bonchev–Trinajstić information content (AvgIpc) is 1.68. The second-order valence-corrected chi connectivity index (χ2v) is 34.3. The van der Waals surface area contributed by atoms with Crippen molar-refractivity contribution in [3.05, 3.63) is 433 Å². The van der Waals surface area contributed by atoms with Crippen LogP contribution in [-0.2, 0) is 0 Å². The Morgan fingerprint density at radius 2 is 0.504 bits per heavy atom. The van der Waals surface area contributed by atoms with E-state index in [-0.39, 0.29) is 0 Å². The zero-order valence-corrected chi connectivity index (χ0v) is 70.4. The lowest BCUT2D eigenvalue weighted by Crippen LogP contribution is -1.79. The van der Waals surface area contributed by atoms with Crippen LogP contribution in [0.15, 0.2) is 397 Å². The molecule has 5 heterocycles. The van der Waals surface area contributed by atoms with Gasteiger partial charge in [0.25, 0.3) is 0 Å². The van der Waals surface area contributed by atoms with Crippen molar-refractivity contribution in [2.75, 3.05) is 0 Å². The van der Waals surface area contributed by atoms with Gasteiger partial charge in [0.1, 0.15) is 22.3 Å². The van der Waals surface area contributed by atoms with Crippen molar-refractivity contribution in [3.8, 4) is 0 Å². The van der Waals surface area contributed by atoms with Gasteiger partial charge in [-0.05, 0) is 238 Å². The molecule has 2 nitrogen and oxygen atoms in total. The highest BCUT2D eigenvalue weighted by atomic mass is 32.1. The average molecular weight is 1590 g/mol. The van der Waals surface area contributed by atoms with Crippen LogP contribution in [0, 0.1) is 55.4 Å². The summed E-state index contributed by atoms with van der Waals surface area (Å²) in [6.45, 7) is 17.1. The lowest BCUT2D eigenvalue weighted by molar-refractivity contribution is 0.668. The van der Waals surface area contributed by atoms with Crippen molar-refractivity contribution >= 4 is 214 Å². The highest BCUT2D eigenvalue weighted by Gasteiger charge is 2.13. The Bertz CT molecular complexity index is 7830. The van der Waals surface area contributed by atoms with Crippen molar-refractivity contribution in [2.24, 2.45) is 0 Å². The number of hydrogen-bond acceptors (Lipinski definition) is 5. The molecule has 0 aliphatic carbocycles. The fourth-order valence-corrected chi connectivity index (χ4v) is 20.0. The van der Waals surface area contributed by atoms with Crippen molar-refractivity contribution in [3.63, 3.8) is 0 Å². The molecule has 574 valence electrons. The Morgan fingerprint density at radius 1 is 0.151 bits per heavy atom. The van der Waals surface area contributed by atoms with Gasteiger partial charge in [0.05, 0.1) is 0 Å². The molecule has 0 atom stereocenters. The van der Waals surface area contributed by atoms with E-state index < -0.39 is 0 Å². The molecule has 20 aromatic carbocycles. The van der Waals surface area contributed by atoms with E-state index in [1.54, 1.807) is 0 Å². The first-order chi connectivity index (χ1) is 58.3. The van der Waals surface area contributed by atoms with Gasteiger partial charge in [0.2, 0.25) is 0 Å². The molecule has 0 amide bonds. The third-order valence-corrected chi connectivity index (χ3v) is 26.0. The van der Waals surface area contributed by atoms with E-state index >= 15 is 0 Å². The summed E-state index contributed by atoms with van der Waals surface area (Å²) >= 11 is 5.63. The minimum atomic E-state index is 0.966. The maximum Gasteiger partial charge on any atom is 0.135 e. The topological polar surface area (TPSA) is 26.3 Å². The highest BCUT2D eigenvalue weighted by Crippen LogP contribution is 2.41. The number of rotatable bonds is 0. The molecule has 0 spiro atoms. The first-order valence-corrected chi connectivity index (χ1v) is 43.2. The molecular weight excluding hydrogens is 1500 g/mol. The van der Waals surface area contributed by atoms with Crippen LogP contribution in [0.5, 0.6) is 0 Å². The monoisotopic (exact) mass is 1580 g/mol. The summed E-state index contributed by atoms with van der Waals surface area (Å²) in [5.74, 6) is 0. The summed E-state index contributed by atoms with van der Waals surface area (Å²) in [6, 6.07) is 138. The fourth-order valence-electron chi connectivity index (χ4n) is 16.6. The Balaban J connectivity index is 0.0000000936. The first kappa shape index (κ1) is 76.8. The number of aryl methyl sites for hydroxylation is 8. The van der Waals surface area contributed by atoms with E-state index in [0.29, 0.717) is 0 Å². The second kappa shape index (κ2) is 34.0. The summed E-state index contributed by atoms with van der Waals surface area (Å²) in [7, 11) is 0. The van der Waals surface area contributed by atoms with Gasteiger partial charge in [0.15, 0.2) is 0 Å². The molecule has 25 rings (SSSR count). The van der Waals surface area contributed by atoms with E-state index in [1.807, 2.05) is 88.6 Å². The Kier molecular flexibility index (Phi) is 21.9. The maximum absolute atomic E-state index is 5.73. The normalized spacial score (nSPS) is 11.2. The minimum Gasteiger partial charge on any atom is -0.456 e. The van der Waals surface area contributed by atoms with Gasteiger partial charge in [-0.15, -0.1) is 34.0 Å². The van der Waals surface area contributed by atoms with Gasteiger partial charge >= 0.3 is 0 Å². The molecule has 5 aromatic heterocycles. The maximum atomic E-state index is 5.73. The Labute approximate surface area is 705 Å². The minimum absolute atomic E-state index is 0.966.